The Labute approximate surface area is 135 Å². The third-order valence-electron chi connectivity index (χ3n) is 4.45. The van der Waals surface area contributed by atoms with Gasteiger partial charge in [-0.25, -0.2) is 4.79 Å². The molecule has 2 atom stereocenters. The Morgan fingerprint density at radius 2 is 1.86 bits per heavy atom. The van der Waals surface area contributed by atoms with Crippen LogP contribution in [0.4, 0.5) is 4.79 Å². The lowest BCUT2D eigenvalue weighted by molar-refractivity contribution is 0.0505. The van der Waals surface area contributed by atoms with Crippen LogP contribution in [0.25, 0.3) is 0 Å². The lowest BCUT2D eigenvalue weighted by Crippen LogP contribution is -2.40. The third-order valence-corrected chi connectivity index (χ3v) is 4.45. The Morgan fingerprint density at radius 3 is 2.45 bits per heavy atom. The molecule has 2 saturated carbocycles. The molecular formula is C17H33N3O2. The van der Waals surface area contributed by atoms with Gasteiger partial charge in [0, 0.05) is 31.2 Å². The van der Waals surface area contributed by atoms with E-state index in [9.17, 15) is 4.79 Å². The Bertz CT molecular complexity index is 363. The van der Waals surface area contributed by atoms with Crippen molar-refractivity contribution >= 4 is 6.09 Å². The Balaban J connectivity index is 1.60. The summed E-state index contributed by atoms with van der Waals surface area (Å²) in [4.78, 5) is 14.4. The standard InChI is InChI=1S/C17H33N3O2/c1-5-20(15-8-9-15)11-10-18-13-6-7-14(12-13)19-16(21)22-17(2,3)4/h13-15,18H,5-12H2,1-4H3,(H,19,21). The van der Waals surface area contributed by atoms with Crippen LogP contribution in [0.5, 0.6) is 0 Å². The van der Waals surface area contributed by atoms with Gasteiger partial charge < -0.3 is 15.4 Å². The zero-order chi connectivity index (χ0) is 16.2. The molecule has 128 valence electrons. The molecule has 0 aromatic heterocycles. The number of hydrogen-bond acceptors (Lipinski definition) is 4. The first kappa shape index (κ1) is 17.5. The maximum Gasteiger partial charge on any atom is 0.407 e. The van der Waals surface area contributed by atoms with Gasteiger partial charge in [0.1, 0.15) is 5.60 Å². The second-order valence-corrected chi connectivity index (χ2v) is 7.67. The van der Waals surface area contributed by atoms with E-state index in [2.05, 4.69) is 22.5 Å². The first-order valence-corrected chi connectivity index (χ1v) is 8.84. The molecule has 0 bridgehead atoms. The summed E-state index contributed by atoms with van der Waals surface area (Å²) in [5.41, 5.74) is -0.424. The number of nitrogens with one attached hydrogen (secondary N) is 2. The quantitative estimate of drug-likeness (QED) is 0.758. The fraction of sp³-hybridized carbons (Fsp3) is 0.941. The molecule has 2 fully saturated rings. The molecule has 2 aliphatic carbocycles. The summed E-state index contributed by atoms with van der Waals surface area (Å²) >= 11 is 0. The summed E-state index contributed by atoms with van der Waals surface area (Å²) in [5, 5.41) is 6.64. The van der Waals surface area contributed by atoms with Crippen LogP contribution >= 0.6 is 0 Å². The van der Waals surface area contributed by atoms with Crippen molar-refractivity contribution in [3.05, 3.63) is 0 Å². The van der Waals surface area contributed by atoms with Crippen LogP contribution in [0, 0.1) is 0 Å². The number of hydrogen-bond donors (Lipinski definition) is 2. The van der Waals surface area contributed by atoms with E-state index in [0.29, 0.717) is 6.04 Å². The van der Waals surface area contributed by atoms with Crippen molar-refractivity contribution < 1.29 is 9.53 Å². The van der Waals surface area contributed by atoms with Gasteiger partial charge >= 0.3 is 6.09 Å². The van der Waals surface area contributed by atoms with E-state index < -0.39 is 5.60 Å². The average molecular weight is 311 g/mol. The smallest absolute Gasteiger partial charge is 0.407 e. The molecule has 5 nitrogen and oxygen atoms in total. The highest BCUT2D eigenvalue weighted by atomic mass is 16.6. The van der Waals surface area contributed by atoms with Crippen molar-refractivity contribution in [3.63, 3.8) is 0 Å². The van der Waals surface area contributed by atoms with E-state index in [1.807, 2.05) is 20.8 Å². The number of carbonyl (C=O) groups excluding carboxylic acids is 1. The summed E-state index contributed by atoms with van der Waals surface area (Å²) in [7, 11) is 0. The lowest BCUT2D eigenvalue weighted by atomic mass is 10.2. The van der Waals surface area contributed by atoms with Gasteiger partial charge in [-0.05, 0) is 59.4 Å². The molecule has 2 aliphatic rings. The van der Waals surface area contributed by atoms with Crippen molar-refractivity contribution in [1.29, 1.82) is 0 Å². The zero-order valence-corrected chi connectivity index (χ0v) is 14.7. The SMILES string of the molecule is CCN(CCNC1CCC(NC(=O)OC(C)(C)C)C1)C1CC1. The highest BCUT2D eigenvalue weighted by Crippen LogP contribution is 2.26. The zero-order valence-electron chi connectivity index (χ0n) is 14.7. The van der Waals surface area contributed by atoms with Crippen LogP contribution in [0.2, 0.25) is 0 Å². The van der Waals surface area contributed by atoms with Gasteiger partial charge in [0.25, 0.3) is 0 Å². The van der Waals surface area contributed by atoms with Crippen LogP contribution < -0.4 is 10.6 Å². The Morgan fingerprint density at radius 1 is 1.18 bits per heavy atom. The molecule has 0 aromatic carbocycles. The van der Waals surface area contributed by atoms with Crippen molar-refractivity contribution in [2.75, 3.05) is 19.6 Å². The molecule has 0 aliphatic heterocycles. The Hall–Kier alpha value is -0.810. The van der Waals surface area contributed by atoms with Crippen LogP contribution in [0.1, 0.15) is 59.8 Å². The van der Waals surface area contributed by atoms with Crippen LogP contribution in [-0.2, 0) is 4.74 Å². The molecule has 0 heterocycles. The lowest BCUT2D eigenvalue weighted by Gasteiger charge is -2.22. The summed E-state index contributed by atoms with van der Waals surface area (Å²) in [6, 6.07) is 1.62. The first-order valence-electron chi connectivity index (χ1n) is 8.84. The number of nitrogens with zero attached hydrogens (tertiary/aromatic N) is 1. The van der Waals surface area contributed by atoms with Gasteiger partial charge in [-0.3, -0.25) is 4.90 Å². The van der Waals surface area contributed by atoms with Crippen molar-refractivity contribution in [3.8, 4) is 0 Å². The first-order chi connectivity index (χ1) is 10.4. The van der Waals surface area contributed by atoms with Gasteiger partial charge in [-0.1, -0.05) is 6.92 Å². The van der Waals surface area contributed by atoms with E-state index in [0.717, 1.165) is 44.9 Å². The maximum atomic E-state index is 11.8. The normalized spacial score (nSPS) is 25.5. The number of amides is 1. The molecule has 5 heteroatoms. The largest absolute Gasteiger partial charge is 0.444 e. The van der Waals surface area contributed by atoms with Crippen LogP contribution in [-0.4, -0.2) is 54.4 Å². The molecule has 2 rings (SSSR count). The maximum absolute atomic E-state index is 11.8. The van der Waals surface area contributed by atoms with Crippen LogP contribution in [0.3, 0.4) is 0 Å². The third kappa shape index (κ3) is 6.13. The van der Waals surface area contributed by atoms with Gasteiger partial charge in [0.2, 0.25) is 0 Å². The summed E-state index contributed by atoms with van der Waals surface area (Å²) in [6.45, 7) is 11.3. The molecule has 1 amide bonds. The Kier molecular flexibility index (Phi) is 6.09. The number of alkyl carbamates (subject to hydrolysis) is 1. The van der Waals surface area contributed by atoms with E-state index in [4.69, 9.17) is 4.74 Å². The number of carbonyl (C=O) groups is 1. The van der Waals surface area contributed by atoms with Crippen LogP contribution in [0.15, 0.2) is 0 Å². The van der Waals surface area contributed by atoms with Crippen molar-refractivity contribution in [2.45, 2.75) is 83.5 Å². The highest BCUT2D eigenvalue weighted by molar-refractivity contribution is 5.68. The average Bonchev–Trinajstić information content (AvgIpc) is 3.14. The van der Waals surface area contributed by atoms with Crippen molar-refractivity contribution in [2.24, 2.45) is 0 Å². The highest BCUT2D eigenvalue weighted by Gasteiger charge is 2.29. The van der Waals surface area contributed by atoms with Gasteiger partial charge in [0.05, 0.1) is 0 Å². The van der Waals surface area contributed by atoms with Gasteiger partial charge in [0.15, 0.2) is 0 Å². The second kappa shape index (κ2) is 7.64. The van der Waals surface area contributed by atoms with E-state index in [-0.39, 0.29) is 12.1 Å². The molecule has 0 aromatic rings. The van der Waals surface area contributed by atoms with E-state index in [1.165, 1.54) is 12.8 Å². The molecule has 0 saturated heterocycles. The monoisotopic (exact) mass is 311 g/mol. The molecule has 2 unspecified atom stereocenters. The topological polar surface area (TPSA) is 53.6 Å². The number of rotatable bonds is 7. The fourth-order valence-electron chi connectivity index (χ4n) is 3.22. The van der Waals surface area contributed by atoms with Gasteiger partial charge in [-0.15, -0.1) is 0 Å². The number of likely N-dealkylation sites (N-methyl/N-ethyl adjacent to an activating group) is 1. The number of ether oxygens (including phenoxy) is 1. The second-order valence-electron chi connectivity index (χ2n) is 7.67. The predicted octanol–water partition coefficient (Wildman–Crippen LogP) is 2.51. The fourth-order valence-corrected chi connectivity index (χ4v) is 3.22. The minimum atomic E-state index is -0.424. The van der Waals surface area contributed by atoms with Crippen molar-refractivity contribution in [1.82, 2.24) is 15.5 Å². The summed E-state index contributed by atoms with van der Waals surface area (Å²) in [5.74, 6) is 0. The molecule has 2 N–H and O–H groups in total. The molecule has 0 spiro atoms. The molecular weight excluding hydrogens is 278 g/mol. The van der Waals surface area contributed by atoms with Gasteiger partial charge in [-0.2, -0.15) is 0 Å². The summed E-state index contributed by atoms with van der Waals surface area (Å²) < 4.78 is 5.32. The van der Waals surface area contributed by atoms with E-state index in [1.54, 1.807) is 0 Å². The molecule has 22 heavy (non-hydrogen) atoms. The molecule has 0 radical (unpaired) electrons. The summed E-state index contributed by atoms with van der Waals surface area (Å²) in [6.07, 6.45) is 5.64. The predicted molar refractivity (Wildman–Crippen MR) is 89.1 cm³/mol. The minimum absolute atomic E-state index is 0.248. The van der Waals surface area contributed by atoms with E-state index >= 15 is 0 Å². The minimum Gasteiger partial charge on any atom is -0.444 e.